The molecule has 2 atom stereocenters. The minimum atomic E-state index is 0.863. The van der Waals surface area contributed by atoms with E-state index in [1.54, 1.807) is 5.57 Å². The summed E-state index contributed by atoms with van der Waals surface area (Å²) in [6, 6.07) is 0. The highest BCUT2D eigenvalue weighted by Gasteiger charge is 2.19. The van der Waals surface area contributed by atoms with Gasteiger partial charge >= 0.3 is 0 Å². The van der Waals surface area contributed by atoms with Crippen LogP contribution in [-0.2, 0) is 0 Å². The van der Waals surface area contributed by atoms with Gasteiger partial charge in [-0.3, -0.25) is 0 Å². The largest absolute Gasteiger partial charge is 0.0853 e. The molecule has 0 nitrogen and oxygen atoms in total. The Bertz CT molecular complexity index is 176. The zero-order valence-corrected chi connectivity index (χ0v) is 9.64. The summed E-state index contributed by atoms with van der Waals surface area (Å²) in [5, 5.41) is 0. The fourth-order valence-electron chi connectivity index (χ4n) is 2.44. The Morgan fingerprint density at radius 2 is 2.08 bits per heavy atom. The topological polar surface area (TPSA) is 0 Å². The molecule has 0 aromatic rings. The van der Waals surface area contributed by atoms with Crippen LogP contribution < -0.4 is 0 Å². The van der Waals surface area contributed by atoms with Crippen molar-refractivity contribution in [3.05, 3.63) is 11.6 Å². The van der Waals surface area contributed by atoms with Crippen molar-refractivity contribution in [3.8, 4) is 0 Å². The second-order valence-corrected chi connectivity index (χ2v) is 5.19. The lowest BCUT2D eigenvalue weighted by atomic mass is 9.78. The quantitative estimate of drug-likeness (QED) is 0.564. The van der Waals surface area contributed by atoms with Crippen LogP contribution >= 0.6 is 0 Å². The van der Waals surface area contributed by atoms with Crippen LogP contribution in [0.1, 0.15) is 53.4 Å². The molecule has 0 fully saturated rings. The van der Waals surface area contributed by atoms with E-state index < -0.39 is 0 Å². The van der Waals surface area contributed by atoms with Gasteiger partial charge in [-0.1, -0.05) is 32.4 Å². The van der Waals surface area contributed by atoms with Crippen LogP contribution in [0, 0.1) is 17.8 Å². The minimum absolute atomic E-state index is 0.863. The van der Waals surface area contributed by atoms with Crippen LogP contribution in [0.2, 0.25) is 0 Å². The molecule has 1 aliphatic carbocycles. The number of allylic oxidation sites excluding steroid dienone is 2. The Balaban J connectivity index is 2.36. The standard InChI is InChI=1S/C13H24/c1-10(2)9-12(4)13-7-5-11(3)6-8-13/h5,10,12-13H,6-9H2,1-4H3. The molecule has 0 aromatic carbocycles. The van der Waals surface area contributed by atoms with E-state index in [-0.39, 0.29) is 0 Å². The van der Waals surface area contributed by atoms with E-state index in [9.17, 15) is 0 Å². The third-order valence-electron chi connectivity index (χ3n) is 3.33. The number of rotatable bonds is 3. The second kappa shape index (κ2) is 4.83. The van der Waals surface area contributed by atoms with Crippen molar-refractivity contribution in [2.75, 3.05) is 0 Å². The monoisotopic (exact) mass is 180 g/mol. The smallest absolute Gasteiger partial charge is 0.0317 e. The Labute approximate surface area is 83.4 Å². The Hall–Kier alpha value is -0.260. The van der Waals surface area contributed by atoms with E-state index in [2.05, 4.69) is 33.8 Å². The fraction of sp³-hybridized carbons (Fsp3) is 0.846. The van der Waals surface area contributed by atoms with Gasteiger partial charge in [0, 0.05) is 0 Å². The van der Waals surface area contributed by atoms with Gasteiger partial charge in [-0.25, -0.2) is 0 Å². The van der Waals surface area contributed by atoms with Crippen molar-refractivity contribution < 1.29 is 0 Å². The Morgan fingerprint density at radius 1 is 1.38 bits per heavy atom. The highest BCUT2D eigenvalue weighted by molar-refractivity contribution is 5.03. The summed E-state index contributed by atoms with van der Waals surface area (Å²) in [4.78, 5) is 0. The summed E-state index contributed by atoms with van der Waals surface area (Å²) < 4.78 is 0. The molecule has 13 heavy (non-hydrogen) atoms. The first-order valence-corrected chi connectivity index (χ1v) is 5.75. The lowest BCUT2D eigenvalue weighted by Gasteiger charge is -2.27. The molecule has 2 unspecified atom stereocenters. The second-order valence-electron chi connectivity index (χ2n) is 5.19. The Morgan fingerprint density at radius 3 is 2.54 bits per heavy atom. The van der Waals surface area contributed by atoms with E-state index >= 15 is 0 Å². The van der Waals surface area contributed by atoms with Crippen LogP contribution in [0.5, 0.6) is 0 Å². The summed E-state index contributed by atoms with van der Waals surface area (Å²) in [6.07, 6.45) is 7.95. The average Bonchev–Trinajstić information content (AvgIpc) is 2.04. The van der Waals surface area contributed by atoms with Gasteiger partial charge in [0.1, 0.15) is 0 Å². The van der Waals surface area contributed by atoms with E-state index in [0.29, 0.717) is 0 Å². The van der Waals surface area contributed by atoms with E-state index in [4.69, 9.17) is 0 Å². The first-order chi connectivity index (χ1) is 6.09. The molecule has 0 heterocycles. The van der Waals surface area contributed by atoms with Crippen molar-refractivity contribution in [2.24, 2.45) is 17.8 Å². The van der Waals surface area contributed by atoms with E-state index in [1.165, 1.54) is 25.7 Å². The molecule has 0 saturated heterocycles. The molecule has 1 rings (SSSR count). The lowest BCUT2D eigenvalue weighted by Crippen LogP contribution is -2.16. The highest BCUT2D eigenvalue weighted by Crippen LogP contribution is 2.32. The van der Waals surface area contributed by atoms with Gasteiger partial charge in [0.15, 0.2) is 0 Å². The summed E-state index contributed by atoms with van der Waals surface area (Å²) >= 11 is 0. The van der Waals surface area contributed by atoms with Gasteiger partial charge < -0.3 is 0 Å². The van der Waals surface area contributed by atoms with Crippen LogP contribution in [-0.4, -0.2) is 0 Å². The summed E-state index contributed by atoms with van der Waals surface area (Å²) in [5.41, 5.74) is 1.60. The van der Waals surface area contributed by atoms with Crippen molar-refractivity contribution >= 4 is 0 Å². The Kier molecular flexibility index (Phi) is 4.02. The van der Waals surface area contributed by atoms with Gasteiger partial charge in [-0.05, 0) is 50.4 Å². The lowest BCUT2D eigenvalue weighted by molar-refractivity contribution is 0.282. The molecular weight excluding hydrogens is 156 g/mol. The number of hydrogen-bond donors (Lipinski definition) is 0. The molecular formula is C13H24. The van der Waals surface area contributed by atoms with Crippen LogP contribution in [0.4, 0.5) is 0 Å². The van der Waals surface area contributed by atoms with Gasteiger partial charge in [-0.15, -0.1) is 0 Å². The molecule has 0 aromatic heterocycles. The fourth-order valence-corrected chi connectivity index (χ4v) is 2.44. The van der Waals surface area contributed by atoms with Crippen LogP contribution in [0.3, 0.4) is 0 Å². The summed E-state index contributed by atoms with van der Waals surface area (Å²) in [5.74, 6) is 2.75. The predicted molar refractivity (Wildman–Crippen MR) is 59.7 cm³/mol. The molecule has 0 heteroatoms. The van der Waals surface area contributed by atoms with Crippen molar-refractivity contribution in [3.63, 3.8) is 0 Å². The number of hydrogen-bond acceptors (Lipinski definition) is 0. The maximum absolute atomic E-state index is 2.45. The van der Waals surface area contributed by atoms with Crippen molar-refractivity contribution in [1.82, 2.24) is 0 Å². The third-order valence-corrected chi connectivity index (χ3v) is 3.33. The molecule has 0 N–H and O–H groups in total. The first kappa shape index (κ1) is 10.8. The summed E-state index contributed by atoms with van der Waals surface area (Å²) in [7, 11) is 0. The van der Waals surface area contributed by atoms with E-state index in [0.717, 1.165) is 17.8 Å². The molecule has 0 saturated carbocycles. The zero-order valence-electron chi connectivity index (χ0n) is 9.64. The van der Waals surface area contributed by atoms with Crippen molar-refractivity contribution in [1.29, 1.82) is 0 Å². The van der Waals surface area contributed by atoms with Crippen LogP contribution in [0.15, 0.2) is 11.6 Å². The minimum Gasteiger partial charge on any atom is -0.0853 e. The van der Waals surface area contributed by atoms with Gasteiger partial charge in [0.05, 0.1) is 0 Å². The molecule has 1 aliphatic rings. The maximum Gasteiger partial charge on any atom is -0.0317 e. The SMILES string of the molecule is CC1=CCC(C(C)CC(C)C)CC1. The van der Waals surface area contributed by atoms with Crippen LogP contribution in [0.25, 0.3) is 0 Å². The first-order valence-electron chi connectivity index (χ1n) is 5.75. The predicted octanol–water partition coefficient (Wildman–Crippen LogP) is 4.42. The normalized spacial score (nSPS) is 25.9. The highest BCUT2D eigenvalue weighted by atomic mass is 14.2. The zero-order chi connectivity index (χ0) is 9.84. The van der Waals surface area contributed by atoms with Gasteiger partial charge in [-0.2, -0.15) is 0 Å². The maximum atomic E-state index is 2.45. The average molecular weight is 180 g/mol. The van der Waals surface area contributed by atoms with E-state index in [1.807, 2.05) is 0 Å². The van der Waals surface area contributed by atoms with Gasteiger partial charge in [0.2, 0.25) is 0 Å². The summed E-state index contributed by atoms with van der Waals surface area (Å²) in [6.45, 7) is 9.36. The third kappa shape index (κ3) is 3.54. The molecule has 0 radical (unpaired) electrons. The van der Waals surface area contributed by atoms with Crippen molar-refractivity contribution in [2.45, 2.75) is 53.4 Å². The molecule has 0 amide bonds. The molecule has 0 spiro atoms. The van der Waals surface area contributed by atoms with Gasteiger partial charge in [0.25, 0.3) is 0 Å². The molecule has 76 valence electrons. The molecule has 0 aliphatic heterocycles. The molecule has 0 bridgehead atoms.